The first-order valence-electron chi connectivity index (χ1n) is 11.9. The summed E-state index contributed by atoms with van der Waals surface area (Å²) in [5.74, 6) is 1.49. The van der Waals surface area contributed by atoms with E-state index in [9.17, 15) is 15.0 Å². The standard InChI is InChI=1S/C25H27N9O4/c1-14(8-10-35)23-31-21(16-5-6-17(32(16)2)25(37)38-4)18-12-27-20(13-34(18)23)29-19-7-9-26-22(30-19)15-11-28-33(3)24(15)36/h5-7,9,11-14,35-36H,8,10H2,1-4H3,(H,26,29,30)/t14-/m0/s1. The second-order valence-corrected chi connectivity index (χ2v) is 8.81. The van der Waals surface area contributed by atoms with Crippen molar-refractivity contribution in [3.8, 4) is 28.7 Å². The Morgan fingerprint density at radius 2 is 1.95 bits per heavy atom. The van der Waals surface area contributed by atoms with Crippen LogP contribution in [0.3, 0.4) is 0 Å². The predicted molar refractivity (Wildman–Crippen MR) is 138 cm³/mol. The summed E-state index contributed by atoms with van der Waals surface area (Å²) in [6.07, 6.45) is 7.10. The molecule has 38 heavy (non-hydrogen) atoms. The van der Waals surface area contributed by atoms with Crippen molar-refractivity contribution >= 4 is 23.1 Å². The van der Waals surface area contributed by atoms with Crippen molar-refractivity contribution in [1.29, 1.82) is 0 Å². The minimum absolute atomic E-state index is 0.0170. The summed E-state index contributed by atoms with van der Waals surface area (Å²) in [6, 6.07) is 5.20. The zero-order chi connectivity index (χ0) is 27.0. The lowest BCUT2D eigenvalue weighted by Crippen LogP contribution is -2.08. The van der Waals surface area contributed by atoms with Crippen LogP contribution in [0.4, 0.5) is 11.6 Å². The van der Waals surface area contributed by atoms with Crippen LogP contribution in [-0.4, -0.2) is 68.6 Å². The van der Waals surface area contributed by atoms with Crippen LogP contribution in [0.1, 0.15) is 35.6 Å². The number of esters is 1. The number of imidazole rings is 1. The van der Waals surface area contributed by atoms with Crippen molar-refractivity contribution in [2.75, 3.05) is 19.0 Å². The van der Waals surface area contributed by atoms with Gasteiger partial charge in [0.1, 0.15) is 34.4 Å². The number of ether oxygens (including phenoxy) is 1. The van der Waals surface area contributed by atoms with Gasteiger partial charge < -0.3 is 24.8 Å². The fourth-order valence-corrected chi connectivity index (χ4v) is 4.27. The zero-order valence-corrected chi connectivity index (χ0v) is 21.3. The van der Waals surface area contributed by atoms with E-state index in [0.717, 1.165) is 17.0 Å². The third-order valence-electron chi connectivity index (χ3n) is 6.37. The lowest BCUT2D eigenvalue weighted by molar-refractivity contribution is 0.0590. The average molecular weight is 518 g/mol. The number of aromatic nitrogens is 8. The maximum absolute atomic E-state index is 12.1. The summed E-state index contributed by atoms with van der Waals surface area (Å²) in [6.45, 7) is 2.01. The molecule has 0 unspecified atom stereocenters. The van der Waals surface area contributed by atoms with Crippen molar-refractivity contribution in [1.82, 2.24) is 38.7 Å². The average Bonchev–Trinajstić information content (AvgIpc) is 3.58. The molecule has 0 saturated carbocycles. The summed E-state index contributed by atoms with van der Waals surface area (Å²) in [7, 11) is 4.74. The van der Waals surface area contributed by atoms with Crippen molar-refractivity contribution in [3.63, 3.8) is 0 Å². The maximum Gasteiger partial charge on any atom is 0.354 e. The van der Waals surface area contributed by atoms with E-state index in [4.69, 9.17) is 9.72 Å². The summed E-state index contributed by atoms with van der Waals surface area (Å²) in [5.41, 5.74) is 2.92. The van der Waals surface area contributed by atoms with Gasteiger partial charge in [-0.2, -0.15) is 5.10 Å². The number of hydrogen-bond acceptors (Lipinski definition) is 10. The molecule has 0 saturated heterocycles. The van der Waals surface area contributed by atoms with E-state index >= 15 is 0 Å². The molecule has 5 aromatic rings. The number of carbonyl (C=O) groups excluding carboxylic acids is 1. The smallest absolute Gasteiger partial charge is 0.354 e. The SMILES string of the molecule is COC(=O)c1ccc(-c2nc([C@@H](C)CCO)n3cc(Nc4ccnc(-c5cnn(C)c5O)n4)ncc23)n1C. The van der Waals surface area contributed by atoms with Crippen LogP contribution in [0.15, 0.2) is 43.0 Å². The van der Waals surface area contributed by atoms with Gasteiger partial charge in [0.15, 0.2) is 5.82 Å². The van der Waals surface area contributed by atoms with E-state index in [-0.39, 0.29) is 18.4 Å². The molecule has 13 heteroatoms. The number of aliphatic hydroxyl groups is 1. The third kappa shape index (κ3) is 4.32. The Labute approximate surface area is 217 Å². The molecular formula is C25H27N9O4. The minimum atomic E-state index is -0.440. The highest BCUT2D eigenvalue weighted by atomic mass is 16.5. The molecule has 13 nitrogen and oxygen atoms in total. The second kappa shape index (κ2) is 9.94. The number of aliphatic hydroxyl groups excluding tert-OH is 1. The lowest BCUT2D eigenvalue weighted by atomic mass is 10.1. The number of fused-ring (bicyclic) bond motifs is 1. The minimum Gasteiger partial charge on any atom is -0.493 e. The van der Waals surface area contributed by atoms with Crippen LogP contribution < -0.4 is 5.32 Å². The number of carbonyl (C=O) groups is 1. The molecule has 3 N–H and O–H groups in total. The summed E-state index contributed by atoms with van der Waals surface area (Å²) < 4.78 is 9.87. The van der Waals surface area contributed by atoms with Gasteiger partial charge >= 0.3 is 5.97 Å². The molecule has 0 spiro atoms. The van der Waals surface area contributed by atoms with Crippen LogP contribution in [0.5, 0.6) is 5.88 Å². The lowest BCUT2D eigenvalue weighted by Gasteiger charge is -2.10. The normalized spacial score (nSPS) is 12.1. The van der Waals surface area contributed by atoms with Gasteiger partial charge in [0.25, 0.3) is 0 Å². The first-order valence-corrected chi connectivity index (χ1v) is 11.9. The van der Waals surface area contributed by atoms with E-state index in [1.165, 1.54) is 18.0 Å². The molecule has 5 rings (SSSR count). The number of methoxy groups -OCH3 is 1. The molecule has 0 fully saturated rings. The number of aryl methyl sites for hydroxylation is 1. The molecular weight excluding hydrogens is 490 g/mol. The highest BCUT2D eigenvalue weighted by Crippen LogP contribution is 2.31. The van der Waals surface area contributed by atoms with Crippen LogP contribution in [0, 0.1) is 0 Å². The summed E-state index contributed by atoms with van der Waals surface area (Å²) in [5, 5.41) is 27.0. The Hall–Kier alpha value is -4.78. The molecule has 0 aliphatic heterocycles. The van der Waals surface area contributed by atoms with Gasteiger partial charge in [-0.15, -0.1) is 0 Å². The van der Waals surface area contributed by atoms with Gasteiger partial charge in [-0.05, 0) is 24.6 Å². The molecule has 0 aliphatic carbocycles. The number of anilines is 2. The molecule has 0 aliphatic rings. The largest absolute Gasteiger partial charge is 0.493 e. The van der Waals surface area contributed by atoms with E-state index in [1.54, 1.807) is 43.2 Å². The molecule has 5 aromatic heterocycles. The Bertz CT molecular complexity index is 1640. The molecule has 196 valence electrons. The number of rotatable bonds is 8. The Balaban J connectivity index is 1.55. The molecule has 0 bridgehead atoms. The van der Waals surface area contributed by atoms with E-state index in [0.29, 0.717) is 40.8 Å². The van der Waals surface area contributed by atoms with Crippen molar-refractivity contribution < 1.29 is 19.7 Å². The molecule has 5 heterocycles. The van der Waals surface area contributed by atoms with Crippen molar-refractivity contribution in [2.24, 2.45) is 14.1 Å². The monoisotopic (exact) mass is 517 g/mol. The van der Waals surface area contributed by atoms with Gasteiger partial charge in [0.2, 0.25) is 5.88 Å². The molecule has 0 amide bonds. The number of aromatic hydroxyl groups is 1. The van der Waals surface area contributed by atoms with Crippen LogP contribution in [-0.2, 0) is 18.8 Å². The summed E-state index contributed by atoms with van der Waals surface area (Å²) >= 11 is 0. The van der Waals surface area contributed by atoms with Crippen molar-refractivity contribution in [2.45, 2.75) is 19.3 Å². The molecule has 0 aromatic carbocycles. The highest BCUT2D eigenvalue weighted by Gasteiger charge is 2.22. The topological polar surface area (TPSA) is 158 Å². The van der Waals surface area contributed by atoms with Gasteiger partial charge in [-0.25, -0.2) is 29.4 Å². The summed E-state index contributed by atoms with van der Waals surface area (Å²) in [4.78, 5) is 30.3. The first-order chi connectivity index (χ1) is 18.3. The number of nitrogens with one attached hydrogen (secondary N) is 1. The predicted octanol–water partition coefficient (Wildman–Crippen LogP) is 2.65. The fraction of sp³-hybridized carbons (Fsp3) is 0.280. The zero-order valence-electron chi connectivity index (χ0n) is 21.3. The number of nitrogens with zero attached hydrogens (tertiary/aromatic N) is 8. The molecule has 1 atom stereocenters. The Kier molecular flexibility index (Phi) is 6.51. The Morgan fingerprint density at radius 3 is 2.66 bits per heavy atom. The highest BCUT2D eigenvalue weighted by molar-refractivity contribution is 5.90. The first kappa shape index (κ1) is 24.9. The second-order valence-electron chi connectivity index (χ2n) is 8.81. The van der Waals surface area contributed by atoms with E-state index in [2.05, 4.69) is 25.4 Å². The van der Waals surface area contributed by atoms with Crippen molar-refractivity contribution in [3.05, 3.63) is 54.5 Å². The van der Waals surface area contributed by atoms with E-state index < -0.39 is 5.97 Å². The Morgan fingerprint density at radius 1 is 1.13 bits per heavy atom. The maximum atomic E-state index is 12.1. The van der Waals surface area contributed by atoms with Gasteiger partial charge in [0.05, 0.1) is 36.9 Å². The van der Waals surface area contributed by atoms with E-state index in [1.807, 2.05) is 23.6 Å². The van der Waals surface area contributed by atoms with Gasteiger partial charge in [0, 0.05) is 32.8 Å². The third-order valence-corrected chi connectivity index (χ3v) is 6.37. The number of hydrogen-bond donors (Lipinski definition) is 3. The fourth-order valence-electron chi connectivity index (χ4n) is 4.27. The molecule has 0 radical (unpaired) electrons. The van der Waals surface area contributed by atoms with Crippen LogP contribution >= 0.6 is 0 Å². The van der Waals surface area contributed by atoms with Gasteiger partial charge in [-0.1, -0.05) is 6.92 Å². The van der Waals surface area contributed by atoms with Gasteiger partial charge in [-0.3, -0.25) is 4.40 Å². The quantitative estimate of drug-likeness (QED) is 0.261. The van der Waals surface area contributed by atoms with Crippen LogP contribution in [0.25, 0.3) is 28.3 Å². The van der Waals surface area contributed by atoms with Crippen LogP contribution in [0.2, 0.25) is 0 Å².